The van der Waals surface area contributed by atoms with Gasteiger partial charge in [0.25, 0.3) is 0 Å². The Morgan fingerprint density at radius 3 is 1.28 bits per heavy atom. The van der Waals surface area contributed by atoms with E-state index in [-0.39, 0.29) is 18.9 Å². The predicted molar refractivity (Wildman–Crippen MR) is 296 cm³/mol. The Kier molecular flexibility index (Phi) is 38.5. The number of rotatable bonds is 44. The number of carbonyl (C=O) groups is 1. The lowest BCUT2D eigenvalue weighted by atomic mass is 9.96. The first-order valence-corrected chi connectivity index (χ1v) is 30.2. The summed E-state index contributed by atoms with van der Waals surface area (Å²) in [4.78, 5) is 13.3. The minimum absolute atomic E-state index is 0.234. The summed E-state index contributed by atoms with van der Waals surface area (Å²) >= 11 is 0. The standard InChI is InChI=1S/C59H107NO18/c1-3-5-7-9-11-13-15-16-17-18-19-20-21-22-23-24-25-27-28-30-32-34-36-43(64)42(60-47(65)37-35-33-31-29-26-14-12-10-8-6-4-2)41-73-57-53(71)50(68)55(45(39-62)75-57)78-59-54(72)51(69)56(46(40-63)76-59)77-58-52(70)49(67)48(66)44(38-61)74-58/h22-23,27-28,34,36,42-46,48-59,61-64,66-72H,3-21,24-26,29-33,35,37-41H2,1-2H3,(H,60,65)/b23-22+,28-27+,36-34+. The van der Waals surface area contributed by atoms with Gasteiger partial charge in [-0.25, -0.2) is 0 Å². The van der Waals surface area contributed by atoms with Crippen molar-refractivity contribution in [2.24, 2.45) is 0 Å². The number of ether oxygens (including phenoxy) is 6. The number of aliphatic hydroxyl groups is 11. The van der Waals surface area contributed by atoms with Crippen LogP contribution in [0.5, 0.6) is 0 Å². The molecule has 19 nitrogen and oxygen atoms in total. The van der Waals surface area contributed by atoms with Crippen LogP contribution in [0.2, 0.25) is 0 Å². The van der Waals surface area contributed by atoms with Crippen LogP contribution < -0.4 is 5.32 Å². The highest BCUT2D eigenvalue weighted by molar-refractivity contribution is 5.76. The Bertz CT molecular complexity index is 1570. The van der Waals surface area contributed by atoms with Crippen LogP contribution in [-0.2, 0) is 33.2 Å². The third-order valence-corrected chi connectivity index (χ3v) is 15.2. The van der Waals surface area contributed by atoms with Crippen LogP contribution in [0.3, 0.4) is 0 Å². The molecule has 0 aliphatic carbocycles. The summed E-state index contributed by atoms with van der Waals surface area (Å²) < 4.78 is 34.2. The van der Waals surface area contributed by atoms with Gasteiger partial charge in [-0.05, 0) is 44.9 Å². The van der Waals surface area contributed by atoms with E-state index in [1.54, 1.807) is 6.08 Å². The van der Waals surface area contributed by atoms with Crippen molar-refractivity contribution >= 4 is 5.91 Å². The molecule has 12 N–H and O–H groups in total. The molecular weight excluding hydrogens is 1010 g/mol. The Labute approximate surface area is 466 Å². The first-order valence-electron chi connectivity index (χ1n) is 30.2. The fourth-order valence-corrected chi connectivity index (χ4v) is 10.2. The molecule has 17 unspecified atom stereocenters. The highest BCUT2D eigenvalue weighted by atomic mass is 16.8. The number of unbranched alkanes of at least 4 members (excludes halogenated alkanes) is 24. The number of hydrogen-bond donors (Lipinski definition) is 12. The smallest absolute Gasteiger partial charge is 0.220 e. The molecule has 0 aromatic heterocycles. The zero-order valence-electron chi connectivity index (χ0n) is 47.4. The second-order valence-electron chi connectivity index (χ2n) is 21.8. The number of amides is 1. The van der Waals surface area contributed by atoms with Gasteiger partial charge >= 0.3 is 0 Å². The van der Waals surface area contributed by atoms with Crippen molar-refractivity contribution in [3.63, 3.8) is 0 Å². The molecule has 78 heavy (non-hydrogen) atoms. The van der Waals surface area contributed by atoms with Crippen LogP contribution in [0.1, 0.15) is 200 Å². The second-order valence-corrected chi connectivity index (χ2v) is 21.8. The van der Waals surface area contributed by atoms with Crippen LogP contribution >= 0.6 is 0 Å². The highest BCUT2D eigenvalue weighted by Crippen LogP contribution is 2.33. The van der Waals surface area contributed by atoms with E-state index in [0.29, 0.717) is 12.8 Å². The minimum atomic E-state index is -1.98. The molecule has 3 aliphatic heterocycles. The Morgan fingerprint density at radius 1 is 0.449 bits per heavy atom. The van der Waals surface area contributed by atoms with Crippen molar-refractivity contribution in [2.75, 3.05) is 26.4 Å². The second kappa shape index (κ2) is 42.8. The van der Waals surface area contributed by atoms with Crippen molar-refractivity contribution in [3.05, 3.63) is 36.5 Å². The fourth-order valence-electron chi connectivity index (χ4n) is 10.2. The molecule has 456 valence electrons. The van der Waals surface area contributed by atoms with Gasteiger partial charge in [0, 0.05) is 6.42 Å². The van der Waals surface area contributed by atoms with Gasteiger partial charge in [0.1, 0.15) is 73.2 Å². The van der Waals surface area contributed by atoms with Crippen LogP contribution in [0.4, 0.5) is 0 Å². The van der Waals surface area contributed by atoms with Gasteiger partial charge in [0.15, 0.2) is 18.9 Å². The number of hydrogen-bond acceptors (Lipinski definition) is 18. The topological polar surface area (TPSA) is 307 Å². The molecule has 3 rings (SSSR count). The normalized spacial score (nSPS) is 30.7. The van der Waals surface area contributed by atoms with E-state index in [1.807, 2.05) is 6.08 Å². The highest BCUT2D eigenvalue weighted by Gasteiger charge is 2.53. The monoisotopic (exact) mass is 1120 g/mol. The average molecular weight is 1120 g/mol. The molecule has 0 spiro atoms. The van der Waals surface area contributed by atoms with E-state index in [2.05, 4.69) is 43.5 Å². The fraction of sp³-hybridized carbons (Fsp3) is 0.881. The predicted octanol–water partition coefficient (Wildman–Crippen LogP) is 5.32. The molecule has 3 aliphatic rings. The van der Waals surface area contributed by atoms with Gasteiger partial charge in [0.2, 0.25) is 5.91 Å². The molecule has 1 amide bonds. The van der Waals surface area contributed by atoms with Crippen LogP contribution in [0.15, 0.2) is 36.5 Å². The SMILES string of the molecule is CCCCCCCCCCCCCC/C=C/CC/C=C/CC/C=C/C(O)C(COC1OC(CO)C(OC2OC(CO)C(OC3OC(CO)C(O)C(O)C3O)C(O)C2O)C(O)C1O)NC(=O)CCCCCCCCCCCCC. The summed E-state index contributed by atoms with van der Waals surface area (Å²) in [5, 5.41) is 120. The Morgan fingerprint density at radius 2 is 0.821 bits per heavy atom. The maximum atomic E-state index is 13.3. The summed E-state index contributed by atoms with van der Waals surface area (Å²) in [6.45, 7) is 1.68. The van der Waals surface area contributed by atoms with Gasteiger partial charge in [-0.1, -0.05) is 185 Å². The molecular formula is C59H107NO18. The van der Waals surface area contributed by atoms with Gasteiger partial charge in [-0.2, -0.15) is 0 Å². The van der Waals surface area contributed by atoms with Crippen molar-refractivity contribution < 1.29 is 89.4 Å². The van der Waals surface area contributed by atoms with Gasteiger partial charge < -0.3 is 89.9 Å². The lowest BCUT2D eigenvalue weighted by Gasteiger charge is -2.48. The van der Waals surface area contributed by atoms with Crippen molar-refractivity contribution in [1.82, 2.24) is 5.32 Å². The molecule has 0 aromatic carbocycles. The summed E-state index contributed by atoms with van der Waals surface area (Å²) in [7, 11) is 0. The van der Waals surface area contributed by atoms with Gasteiger partial charge in [0.05, 0.1) is 38.6 Å². The number of aliphatic hydroxyl groups excluding tert-OH is 11. The lowest BCUT2D eigenvalue weighted by molar-refractivity contribution is -0.379. The van der Waals surface area contributed by atoms with E-state index < -0.39 is 124 Å². The summed E-state index contributed by atoms with van der Waals surface area (Å²) in [5.74, 6) is -0.292. The zero-order valence-corrected chi connectivity index (χ0v) is 47.4. The molecule has 0 radical (unpaired) electrons. The van der Waals surface area contributed by atoms with Gasteiger partial charge in [-0.15, -0.1) is 0 Å². The summed E-state index contributed by atoms with van der Waals surface area (Å²) in [5.41, 5.74) is 0. The number of carbonyl (C=O) groups excluding carboxylic acids is 1. The first-order chi connectivity index (χ1) is 37.8. The number of allylic oxidation sites excluding steroid dienone is 5. The zero-order chi connectivity index (χ0) is 56.9. The van der Waals surface area contributed by atoms with Crippen molar-refractivity contribution in [2.45, 2.75) is 304 Å². The van der Waals surface area contributed by atoms with Crippen molar-refractivity contribution in [1.29, 1.82) is 0 Å². The molecule has 3 saturated heterocycles. The molecule has 3 heterocycles. The molecule has 0 saturated carbocycles. The van der Waals surface area contributed by atoms with E-state index in [9.17, 15) is 61.0 Å². The third kappa shape index (κ3) is 26.5. The molecule has 0 aromatic rings. The summed E-state index contributed by atoms with van der Waals surface area (Å²) in [6, 6.07) is -0.992. The molecule has 0 bridgehead atoms. The Hall–Kier alpha value is -1.99. The molecule has 17 atom stereocenters. The minimum Gasteiger partial charge on any atom is -0.394 e. The van der Waals surface area contributed by atoms with E-state index in [0.717, 1.165) is 44.9 Å². The van der Waals surface area contributed by atoms with E-state index >= 15 is 0 Å². The Balaban J connectivity index is 1.50. The maximum Gasteiger partial charge on any atom is 0.220 e. The maximum absolute atomic E-state index is 13.3. The quantitative estimate of drug-likeness (QED) is 0.0271. The average Bonchev–Trinajstić information content (AvgIpc) is 3.48. The first kappa shape index (κ1) is 70.3. The number of nitrogens with one attached hydrogen (secondary N) is 1. The summed E-state index contributed by atoms with van der Waals surface area (Å²) in [6.07, 6.45) is 18.6. The van der Waals surface area contributed by atoms with Crippen LogP contribution in [0.25, 0.3) is 0 Å². The van der Waals surface area contributed by atoms with Crippen LogP contribution in [-0.4, -0.2) is 193 Å². The third-order valence-electron chi connectivity index (χ3n) is 15.2. The van der Waals surface area contributed by atoms with Crippen molar-refractivity contribution in [3.8, 4) is 0 Å². The van der Waals surface area contributed by atoms with Gasteiger partial charge in [-0.3, -0.25) is 4.79 Å². The lowest BCUT2D eigenvalue weighted by Crippen LogP contribution is -2.66. The van der Waals surface area contributed by atoms with E-state index in [1.165, 1.54) is 122 Å². The van der Waals surface area contributed by atoms with Crippen LogP contribution in [0, 0.1) is 0 Å². The molecule has 19 heteroatoms. The van der Waals surface area contributed by atoms with E-state index in [4.69, 9.17) is 28.4 Å². The largest absolute Gasteiger partial charge is 0.394 e. The molecule has 3 fully saturated rings.